The smallest absolute Gasteiger partial charge is 0.305 e. The zero-order chi connectivity index (χ0) is 47.2. The number of rotatable bonds is 13. The number of nitrogens with two attached hydrogens (primary N) is 3. The molecule has 1 aromatic rings. The molecule has 2 saturated heterocycles. The molecule has 27 heteroatoms. The van der Waals surface area contributed by atoms with Crippen LogP contribution >= 0.6 is 33.3 Å². The lowest BCUT2D eigenvalue weighted by atomic mass is 10.0. The van der Waals surface area contributed by atoms with Crippen molar-refractivity contribution in [1.82, 2.24) is 47.9 Å². The van der Waals surface area contributed by atoms with Crippen molar-refractivity contribution in [3.05, 3.63) is 35.9 Å². The average Bonchev–Trinajstić information content (AvgIpc) is 3.25. The third-order valence-electron chi connectivity index (χ3n) is 9.23. The number of carbonyl (C=O) groups excluding carboxylic acids is 9. The van der Waals surface area contributed by atoms with Gasteiger partial charge in [0.15, 0.2) is 16.7 Å². The number of hydrogen-bond donors (Lipinski definition) is 13. The summed E-state index contributed by atoms with van der Waals surface area (Å²) in [6.45, 7) is -0.471. The molecule has 7 atom stereocenters. The molecule has 16 N–H and O–H groups in total. The molecule has 1 aromatic carbocycles. The number of unbranched alkanes of at least 4 members (excludes halogenated alkanes) is 1. The molecule has 24 nitrogen and oxygen atoms in total. The van der Waals surface area contributed by atoms with E-state index in [1.807, 2.05) is 0 Å². The van der Waals surface area contributed by atoms with E-state index in [-0.39, 0.29) is 44.7 Å². The van der Waals surface area contributed by atoms with Crippen molar-refractivity contribution < 1.29 is 53.1 Å². The number of thioether (sulfide) groups is 1. The number of fused-ring (bicyclic) bond motifs is 4. The number of carboxylic acids is 1. The van der Waals surface area contributed by atoms with E-state index in [1.54, 1.807) is 30.3 Å². The standard InChI is InChI=1S/C37H55N13O11S3/c1-41-33(60)35-49-31(58)22(14-19-8-3-2-4-9-19)47-32(59)24-17-63-64-36(50-29(56)21(10-5-6-12-38)44-26(52)18-62-35)34(61)46-20(11-7-13-42-37(39)40)28(55)43-16-25(51)45-23(15-27(53)54)30(57)48-24/h2-4,8-9,20-24,35-36H,5-7,10-18,38H2,1H3,(H,41,60)(H,43,55)(H,44,52)(H,45,51)(H,46,61)(H,47,59)(H,48,57)(H,49,58)(H,50,56)(H,53,54)(H4,39,40,42)/t20-,21-,22-,23-,24-,35?,36?/m0/s1. The van der Waals surface area contributed by atoms with Gasteiger partial charge in [-0.3, -0.25) is 52.9 Å². The first-order valence-electron chi connectivity index (χ1n) is 20.0. The highest BCUT2D eigenvalue weighted by atomic mass is 33.1. The Morgan fingerprint density at radius 2 is 1.39 bits per heavy atom. The number of hydrogen-bond acceptors (Lipinski definition) is 15. The van der Waals surface area contributed by atoms with E-state index >= 15 is 0 Å². The maximum atomic E-state index is 14.2. The van der Waals surface area contributed by atoms with E-state index in [2.05, 4.69) is 52.8 Å². The maximum Gasteiger partial charge on any atom is 0.305 e. The topological polar surface area (TPSA) is 390 Å². The van der Waals surface area contributed by atoms with Crippen LogP contribution in [0.2, 0.25) is 0 Å². The van der Waals surface area contributed by atoms with Crippen molar-refractivity contribution in [2.75, 3.05) is 38.2 Å². The van der Waals surface area contributed by atoms with Crippen molar-refractivity contribution in [3.63, 3.8) is 0 Å². The fraction of sp³-hybridized carbons (Fsp3) is 0.541. The van der Waals surface area contributed by atoms with Gasteiger partial charge in [-0.05, 0) is 44.2 Å². The van der Waals surface area contributed by atoms with Gasteiger partial charge in [-0.25, -0.2) is 0 Å². The number of carboxylic acid groups (broad SMARTS) is 1. The number of benzene rings is 1. The summed E-state index contributed by atoms with van der Waals surface area (Å²) in [4.78, 5) is 139. The molecular weight excluding hydrogens is 899 g/mol. The molecule has 2 aliphatic heterocycles. The summed E-state index contributed by atoms with van der Waals surface area (Å²) >= 11 is 0.711. The quantitative estimate of drug-likeness (QED) is 0.0382. The average molecular weight is 954 g/mol. The Hall–Kier alpha value is -5.80. The molecule has 0 aliphatic carbocycles. The first-order chi connectivity index (χ1) is 30.5. The highest BCUT2D eigenvalue weighted by molar-refractivity contribution is 8.77. The van der Waals surface area contributed by atoms with E-state index in [0.717, 1.165) is 10.8 Å². The fourth-order valence-corrected chi connectivity index (χ4v) is 9.20. The summed E-state index contributed by atoms with van der Waals surface area (Å²) in [6.07, 6.45) is -0.102. The van der Waals surface area contributed by atoms with Gasteiger partial charge in [0.2, 0.25) is 41.4 Å². The Morgan fingerprint density at radius 1 is 0.750 bits per heavy atom. The molecule has 2 fully saturated rings. The van der Waals surface area contributed by atoms with Gasteiger partial charge >= 0.3 is 5.97 Å². The maximum absolute atomic E-state index is 14.2. The molecule has 2 unspecified atom stereocenters. The minimum atomic E-state index is -1.77. The summed E-state index contributed by atoms with van der Waals surface area (Å²) in [5.41, 5.74) is 17.1. The SMILES string of the molecule is CNC(=O)C1NC(=O)[C@H](Cc2ccccc2)NC(=O)[C@@H]2CSSC(NC(=O)[C@H](CCCCN)NC(=O)CS1)C(=O)N[C@@H](CCCN=C(N)N)C(=O)NCC(=O)N[C@@H](CC(=O)O)C(=O)N2. The monoisotopic (exact) mass is 953 g/mol. The normalized spacial score (nSPS) is 24.8. The summed E-state index contributed by atoms with van der Waals surface area (Å²) in [5.74, 6) is -10.6. The molecule has 0 radical (unpaired) electrons. The Bertz CT molecular complexity index is 1880. The van der Waals surface area contributed by atoms with Crippen LogP contribution in [0.15, 0.2) is 35.3 Å². The van der Waals surface area contributed by atoms with E-state index in [4.69, 9.17) is 17.2 Å². The van der Waals surface area contributed by atoms with Crippen LogP contribution in [0, 0.1) is 0 Å². The molecule has 0 aromatic heterocycles. The minimum absolute atomic E-state index is 0.0445. The van der Waals surface area contributed by atoms with E-state index < -0.39 is 125 Å². The lowest BCUT2D eigenvalue weighted by molar-refractivity contribution is -0.141. The van der Waals surface area contributed by atoms with Gasteiger partial charge in [-0.1, -0.05) is 51.9 Å². The second kappa shape index (κ2) is 27.4. The van der Waals surface area contributed by atoms with E-state index in [0.29, 0.717) is 41.0 Å². The molecule has 2 heterocycles. The summed E-state index contributed by atoms with van der Waals surface area (Å²) in [7, 11) is 2.81. The Balaban J connectivity index is 2.17. The zero-order valence-electron chi connectivity index (χ0n) is 34.8. The third kappa shape index (κ3) is 18.5. The van der Waals surface area contributed by atoms with Crippen LogP contribution in [0.3, 0.4) is 0 Å². The van der Waals surface area contributed by atoms with E-state index in [1.165, 1.54) is 7.05 Å². The van der Waals surface area contributed by atoms with Crippen LogP contribution in [0.1, 0.15) is 44.1 Å². The molecule has 352 valence electrons. The van der Waals surface area contributed by atoms with Crippen molar-refractivity contribution in [2.45, 2.75) is 85.9 Å². The number of nitrogens with one attached hydrogen (secondary N) is 9. The predicted octanol–water partition coefficient (Wildman–Crippen LogP) is -4.80. The second-order valence-corrected chi connectivity index (χ2v) is 17.9. The predicted molar refractivity (Wildman–Crippen MR) is 238 cm³/mol. The van der Waals surface area contributed by atoms with Crippen LogP contribution in [0.25, 0.3) is 0 Å². The molecule has 2 aliphatic rings. The highest BCUT2D eigenvalue weighted by Gasteiger charge is 2.36. The first-order valence-corrected chi connectivity index (χ1v) is 23.4. The number of amides is 9. The molecular formula is C37H55N13O11S3. The van der Waals surface area contributed by atoms with Crippen LogP contribution in [-0.4, -0.2) is 149 Å². The number of likely N-dealkylation sites (N-methyl/N-ethyl adjacent to an activating group) is 1. The molecule has 3 rings (SSSR count). The molecule has 2 bridgehead atoms. The summed E-state index contributed by atoms with van der Waals surface area (Å²) in [6, 6.07) is 1.11. The first kappa shape index (κ1) is 52.5. The Morgan fingerprint density at radius 3 is 2.06 bits per heavy atom. The molecule has 0 spiro atoms. The lowest BCUT2D eigenvalue weighted by Gasteiger charge is -2.28. The second-order valence-electron chi connectivity index (χ2n) is 14.2. The summed E-state index contributed by atoms with van der Waals surface area (Å²) in [5, 5.41) is 29.1. The van der Waals surface area contributed by atoms with Crippen molar-refractivity contribution in [1.29, 1.82) is 0 Å². The largest absolute Gasteiger partial charge is 0.481 e. The van der Waals surface area contributed by atoms with Gasteiger partial charge in [-0.15, -0.1) is 11.8 Å². The minimum Gasteiger partial charge on any atom is -0.481 e. The van der Waals surface area contributed by atoms with Gasteiger partial charge in [0.05, 0.1) is 18.7 Å². The zero-order valence-corrected chi connectivity index (χ0v) is 37.3. The number of carbonyl (C=O) groups is 10. The van der Waals surface area contributed by atoms with Gasteiger partial charge in [0.1, 0.15) is 30.2 Å². The number of aliphatic carboxylic acids is 1. The Labute approximate surface area is 380 Å². The van der Waals surface area contributed by atoms with Gasteiger partial charge < -0.3 is 70.2 Å². The van der Waals surface area contributed by atoms with Gasteiger partial charge in [0, 0.05) is 25.8 Å². The van der Waals surface area contributed by atoms with Crippen LogP contribution in [0.4, 0.5) is 0 Å². The number of nitrogens with zero attached hydrogens (tertiary/aromatic N) is 1. The van der Waals surface area contributed by atoms with E-state index in [9.17, 15) is 53.1 Å². The molecule has 64 heavy (non-hydrogen) atoms. The van der Waals surface area contributed by atoms with Gasteiger partial charge in [-0.2, -0.15) is 0 Å². The van der Waals surface area contributed by atoms with Crippen molar-refractivity contribution in [3.8, 4) is 0 Å². The summed E-state index contributed by atoms with van der Waals surface area (Å²) < 4.78 is 0. The van der Waals surface area contributed by atoms with Crippen molar-refractivity contribution in [2.24, 2.45) is 22.2 Å². The van der Waals surface area contributed by atoms with Gasteiger partial charge in [0.25, 0.3) is 11.8 Å². The number of aliphatic imine (C=N–C) groups is 1. The fourth-order valence-electron chi connectivity index (χ4n) is 5.97. The van der Waals surface area contributed by atoms with Crippen LogP contribution in [-0.2, 0) is 54.4 Å². The molecule has 0 saturated carbocycles. The third-order valence-corrected chi connectivity index (χ3v) is 12.8. The highest BCUT2D eigenvalue weighted by Crippen LogP contribution is 2.27. The molecule has 9 amide bonds. The Kier molecular flexibility index (Phi) is 22.5. The van der Waals surface area contributed by atoms with Crippen LogP contribution in [0.5, 0.6) is 0 Å². The number of guanidine groups is 1. The van der Waals surface area contributed by atoms with Crippen LogP contribution < -0.4 is 65.1 Å². The van der Waals surface area contributed by atoms with Crippen molar-refractivity contribution >= 4 is 98.4 Å². The lowest BCUT2D eigenvalue weighted by Crippen LogP contribution is -2.60.